The summed E-state index contributed by atoms with van der Waals surface area (Å²) in [5.41, 5.74) is 7.98. The average molecular weight is 282 g/mol. The van der Waals surface area contributed by atoms with Crippen LogP contribution in [-0.2, 0) is 4.74 Å². The van der Waals surface area contributed by atoms with Gasteiger partial charge in [-0.1, -0.05) is 13.3 Å². The van der Waals surface area contributed by atoms with E-state index < -0.39 is 0 Å². The molecule has 0 atom stereocenters. The van der Waals surface area contributed by atoms with Crippen molar-refractivity contribution in [3.63, 3.8) is 0 Å². The van der Waals surface area contributed by atoms with Gasteiger partial charge in [-0.15, -0.1) is 11.3 Å². The zero-order chi connectivity index (χ0) is 14.0. The fourth-order valence-corrected chi connectivity index (χ4v) is 3.45. The molecule has 1 fully saturated rings. The molecule has 1 aromatic heterocycles. The van der Waals surface area contributed by atoms with Crippen molar-refractivity contribution in [2.45, 2.75) is 38.5 Å². The van der Waals surface area contributed by atoms with Gasteiger partial charge >= 0.3 is 5.97 Å². The smallest absolute Gasteiger partial charge is 0.350 e. The Bertz CT molecular complexity index is 466. The zero-order valence-electron chi connectivity index (χ0n) is 11.9. The van der Waals surface area contributed by atoms with E-state index in [0.29, 0.717) is 16.5 Å². The van der Waals surface area contributed by atoms with Crippen LogP contribution < -0.4 is 10.6 Å². The molecule has 1 aromatic rings. The van der Waals surface area contributed by atoms with Crippen molar-refractivity contribution >= 4 is 28.0 Å². The van der Waals surface area contributed by atoms with Crippen LogP contribution in [0.2, 0.25) is 0 Å². The monoisotopic (exact) mass is 282 g/mol. The second kappa shape index (κ2) is 5.82. The Morgan fingerprint density at radius 2 is 2.21 bits per heavy atom. The highest BCUT2D eigenvalue weighted by atomic mass is 32.1. The Labute approximate surface area is 118 Å². The van der Waals surface area contributed by atoms with E-state index in [9.17, 15) is 4.79 Å². The maximum Gasteiger partial charge on any atom is 0.350 e. The number of ether oxygens (including phenoxy) is 1. The molecule has 19 heavy (non-hydrogen) atoms. The Morgan fingerprint density at radius 3 is 2.74 bits per heavy atom. The first-order chi connectivity index (χ1) is 9.10. The van der Waals surface area contributed by atoms with Crippen molar-refractivity contribution in [1.29, 1.82) is 0 Å². The van der Waals surface area contributed by atoms with Gasteiger partial charge in [0.1, 0.15) is 4.88 Å². The van der Waals surface area contributed by atoms with E-state index in [1.807, 2.05) is 0 Å². The van der Waals surface area contributed by atoms with Crippen molar-refractivity contribution < 1.29 is 9.53 Å². The number of methoxy groups -OCH3 is 1. The lowest BCUT2D eigenvalue weighted by atomic mass is 10.1. The number of anilines is 2. The summed E-state index contributed by atoms with van der Waals surface area (Å²) < 4.78 is 4.82. The number of rotatable bonds is 6. The third kappa shape index (κ3) is 2.86. The number of nitrogens with two attached hydrogens (primary N) is 1. The molecule has 5 heteroatoms. The van der Waals surface area contributed by atoms with Gasteiger partial charge in [-0.25, -0.2) is 4.79 Å². The van der Waals surface area contributed by atoms with Gasteiger partial charge in [0, 0.05) is 19.2 Å². The van der Waals surface area contributed by atoms with E-state index in [4.69, 9.17) is 10.5 Å². The molecule has 106 valence electrons. The van der Waals surface area contributed by atoms with Gasteiger partial charge in [0.05, 0.1) is 17.8 Å². The van der Waals surface area contributed by atoms with E-state index >= 15 is 0 Å². The Hall–Kier alpha value is -1.23. The van der Waals surface area contributed by atoms with Gasteiger partial charge in [0.25, 0.3) is 0 Å². The van der Waals surface area contributed by atoms with Gasteiger partial charge in [-0.3, -0.25) is 0 Å². The molecule has 4 nitrogen and oxygen atoms in total. The third-order valence-corrected chi connectivity index (χ3v) is 4.83. The minimum absolute atomic E-state index is 0.320. The van der Waals surface area contributed by atoms with Gasteiger partial charge in [-0.2, -0.15) is 0 Å². The number of carbonyl (C=O) groups excluding carboxylic acids is 1. The number of hydrogen-bond acceptors (Lipinski definition) is 5. The summed E-state index contributed by atoms with van der Waals surface area (Å²) in [5.74, 6) is 0.216. The molecule has 1 heterocycles. The molecule has 1 saturated carbocycles. The molecule has 0 saturated heterocycles. The summed E-state index contributed by atoms with van der Waals surface area (Å²) in [6, 6.07) is 0. The number of thiophene rings is 1. The van der Waals surface area contributed by atoms with Gasteiger partial charge < -0.3 is 15.4 Å². The summed E-state index contributed by atoms with van der Waals surface area (Å²) in [7, 11) is 3.48. The van der Waals surface area contributed by atoms with Gasteiger partial charge in [-0.05, 0) is 25.2 Å². The number of hydrogen-bond donors (Lipinski definition) is 1. The molecule has 2 rings (SSSR count). The lowest BCUT2D eigenvalue weighted by molar-refractivity contribution is 0.0607. The van der Waals surface area contributed by atoms with Crippen LogP contribution in [0.15, 0.2) is 0 Å². The predicted molar refractivity (Wildman–Crippen MR) is 80.2 cm³/mol. The van der Waals surface area contributed by atoms with Crippen LogP contribution in [0.3, 0.4) is 0 Å². The standard InChI is InChI=1S/C14H22N2O2S/c1-4-5-8-16(2)13-10(9-6-7-9)11(15)12(19-13)14(17)18-3/h9H,4-8,15H2,1-3H3. The molecule has 1 aliphatic carbocycles. The van der Waals surface area contributed by atoms with Gasteiger partial charge in [0.15, 0.2) is 0 Å². The third-order valence-electron chi connectivity index (χ3n) is 3.51. The molecular weight excluding hydrogens is 260 g/mol. The first-order valence-electron chi connectivity index (χ1n) is 6.81. The van der Waals surface area contributed by atoms with Crippen LogP contribution >= 0.6 is 11.3 Å². The number of carbonyl (C=O) groups is 1. The lowest BCUT2D eigenvalue weighted by Crippen LogP contribution is -2.18. The van der Waals surface area contributed by atoms with Crippen LogP contribution in [0.5, 0.6) is 0 Å². The number of nitrogen functional groups attached to an aromatic ring is 1. The molecular formula is C14H22N2O2S. The van der Waals surface area contributed by atoms with Crippen molar-refractivity contribution in [3.8, 4) is 0 Å². The summed E-state index contributed by atoms with van der Waals surface area (Å²) >= 11 is 1.47. The Kier molecular flexibility index (Phi) is 4.34. The zero-order valence-corrected chi connectivity index (χ0v) is 12.7. The van der Waals surface area contributed by atoms with E-state index in [1.165, 1.54) is 36.9 Å². The molecule has 0 unspecified atom stereocenters. The van der Waals surface area contributed by atoms with Crippen molar-refractivity contribution in [3.05, 3.63) is 10.4 Å². The van der Waals surface area contributed by atoms with Crippen molar-refractivity contribution in [2.75, 3.05) is 31.3 Å². The number of nitrogens with zero attached hydrogens (tertiary/aromatic N) is 1. The van der Waals surface area contributed by atoms with Crippen LogP contribution in [0.4, 0.5) is 10.7 Å². The summed E-state index contributed by atoms with van der Waals surface area (Å²) in [4.78, 5) is 14.6. The fraction of sp³-hybridized carbons (Fsp3) is 0.643. The number of unbranched alkanes of at least 4 members (excludes halogenated alkanes) is 1. The predicted octanol–water partition coefficient (Wildman–Crippen LogP) is 3.23. The second-order valence-electron chi connectivity index (χ2n) is 5.10. The highest BCUT2D eigenvalue weighted by Gasteiger charge is 2.34. The second-order valence-corrected chi connectivity index (χ2v) is 6.10. The quantitative estimate of drug-likeness (QED) is 0.814. The normalized spacial score (nSPS) is 14.5. The van der Waals surface area contributed by atoms with E-state index in [2.05, 4.69) is 18.9 Å². The summed E-state index contributed by atoms with van der Waals surface area (Å²) in [5, 5.41) is 1.15. The van der Waals surface area contributed by atoms with Crippen LogP contribution in [0.25, 0.3) is 0 Å². The maximum absolute atomic E-state index is 11.8. The first kappa shape index (κ1) is 14.2. The molecule has 2 N–H and O–H groups in total. The first-order valence-corrected chi connectivity index (χ1v) is 7.63. The Morgan fingerprint density at radius 1 is 1.53 bits per heavy atom. The van der Waals surface area contributed by atoms with Crippen LogP contribution in [0.1, 0.15) is 53.8 Å². The van der Waals surface area contributed by atoms with Crippen LogP contribution in [0, 0.1) is 0 Å². The lowest BCUT2D eigenvalue weighted by Gasteiger charge is -2.19. The largest absolute Gasteiger partial charge is 0.465 e. The van der Waals surface area contributed by atoms with Gasteiger partial charge in [0.2, 0.25) is 0 Å². The molecule has 0 amide bonds. The highest BCUT2D eigenvalue weighted by Crippen LogP contribution is 2.51. The molecule has 1 aliphatic rings. The minimum atomic E-state index is -0.320. The fourth-order valence-electron chi connectivity index (χ4n) is 2.24. The van der Waals surface area contributed by atoms with E-state index in [1.54, 1.807) is 0 Å². The summed E-state index contributed by atoms with van der Waals surface area (Å²) in [6.07, 6.45) is 4.66. The Balaban J connectivity index is 2.33. The highest BCUT2D eigenvalue weighted by molar-refractivity contribution is 7.18. The topological polar surface area (TPSA) is 55.6 Å². The van der Waals surface area contributed by atoms with Crippen molar-refractivity contribution in [2.24, 2.45) is 0 Å². The molecule has 0 aliphatic heterocycles. The van der Waals surface area contributed by atoms with E-state index in [-0.39, 0.29) is 5.97 Å². The maximum atomic E-state index is 11.8. The molecule has 0 radical (unpaired) electrons. The van der Waals surface area contributed by atoms with E-state index in [0.717, 1.165) is 24.4 Å². The molecule has 0 aromatic carbocycles. The SMILES string of the molecule is CCCCN(C)c1sc(C(=O)OC)c(N)c1C1CC1. The number of esters is 1. The molecule has 0 spiro atoms. The average Bonchev–Trinajstić information content (AvgIpc) is 3.18. The molecule has 0 bridgehead atoms. The minimum Gasteiger partial charge on any atom is -0.465 e. The van der Waals surface area contributed by atoms with Crippen molar-refractivity contribution in [1.82, 2.24) is 0 Å². The van der Waals surface area contributed by atoms with Crippen LogP contribution in [-0.4, -0.2) is 26.7 Å². The summed E-state index contributed by atoms with van der Waals surface area (Å²) in [6.45, 7) is 3.18.